The largest absolute Gasteiger partial charge is 0.418 e. The maximum atomic E-state index is 13.0. The topological polar surface area (TPSA) is 66.5 Å². The van der Waals surface area contributed by atoms with Gasteiger partial charge in [-0.2, -0.15) is 13.2 Å². The van der Waals surface area contributed by atoms with E-state index in [1.54, 1.807) is 24.3 Å². The monoisotopic (exact) mass is 454 g/mol. The van der Waals surface area contributed by atoms with Crippen LogP contribution >= 0.6 is 0 Å². The van der Waals surface area contributed by atoms with Gasteiger partial charge >= 0.3 is 6.18 Å². The number of anilines is 1. The van der Waals surface area contributed by atoms with Crippen LogP contribution in [0, 0.1) is 0 Å². The number of para-hydroxylation sites is 1. The number of carbonyl (C=O) groups excluding carboxylic acids is 3. The first-order valence-corrected chi connectivity index (χ1v) is 10.6. The molecule has 170 valence electrons. The molecule has 1 aliphatic rings. The van der Waals surface area contributed by atoms with Crippen molar-refractivity contribution in [3.05, 3.63) is 77.4 Å². The van der Waals surface area contributed by atoms with E-state index in [9.17, 15) is 27.6 Å². The fourth-order valence-electron chi connectivity index (χ4n) is 4.07. The molecular formula is C25H21F3N2O3. The van der Waals surface area contributed by atoms with E-state index in [4.69, 9.17) is 0 Å². The molecule has 3 aromatic carbocycles. The van der Waals surface area contributed by atoms with Gasteiger partial charge in [0, 0.05) is 29.5 Å². The van der Waals surface area contributed by atoms with Crippen LogP contribution in [0.2, 0.25) is 0 Å². The standard InChI is InChI=1S/C25H21F3N2O3/c26-25(27,28)19-12-3-4-13-20(19)29-21(31)14-2-1-5-15-30-23(32)17-10-6-8-16-9-7-11-18(22(16)17)24(30)33/h3-4,6-13H,1-2,5,14-15H2,(H,29,31). The van der Waals surface area contributed by atoms with Gasteiger partial charge in [-0.1, -0.05) is 42.8 Å². The highest BCUT2D eigenvalue weighted by Crippen LogP contribution is 2.34. The van der Waals surface area contributed by atoms with Gasteiger partial charge in [0.05, 0.1) is 11.3 Å². The van der Waals surface area contributed by atoms with Crippen LogP contribution < -0.4 is 5.32 Å². The Labute approximate surface area is 188 Å². The van der Waals surface area contributed by atoms with Crippen molar-refractivity contribution in [2.75, 3.05) is 11.9 Å². The van der Waals surface area contributed by atoms with Crippen molar-refractivity contribution in [2.45, 2.75) is 31.9 Å². The third kappa shape index (κ3) is 4.60. The van der Waals surface area contributed by atoms with Crippen LogP contribution in [0.3, 0.4) is 0 Å². The summed E-state index contributed by atoms with van der Waals surface area (Å²) in [6.45, 7) is 0.209. The summed E-state index contributed by atoms with van der Waals surface area (Å²) in [5.74, 6) is -1.20. The minimum atomic E-state index is -4.56. The maximum Gasteiger partial charge on any atom is 0.418 e. The average molecular weight is 454 g/mol. The first kappa shape index (κ1) is 22.5. The zero-order valence-electron chi connectivity index (χ0n) is 17.6. The highest BCUT2D eigenvalue weighted by Gasteiger charge is 2.34. The molecular weight excluding hydrogens is 433 g/mol. The van der Waals surface area contributed by atoms with Crippen molar-refractivity contribution < 1.29 is 27.6 Å². The van der Waals surface area contributed by atoms with Crippen molar-refractivity contribution >= 4 is 34.2 Å². The van der Waals surface area contributed by atoms with Crippen LogP contribution in [0.1, 0.15) is 52.0 Å². The Morgan fingerprint density at radius 3 is 2.09 bits per heavy atom. The van der Waals surface area contributed by atoms with E-state index in [1.807, 2.05) is 12.1 Å². The lowest BCUT2D eigenvalue weighted by Crippen LogP contribution is -2.40. The quantitative estimate of drug-likeness (QED) is 0.370. The predicted octanol–water partition coefficient (Wildman–Crippen LogP) is 5.65. The summed E-state index contributed by atoms with van der Waals surface area (Å²) in [5, 5.41) is 3.82. The Bertz CT molecular complexity index is 1190. The van der Waals surface area contributed by atoms with Gasteiger partial charge in [0.1, 0.15) is 0 Å². The first-order valence-electron chi connectivity index (χ1n) is 10.6. The summed E-state index contributed by atoms with van der Waals surface area (Å²) < 4.78 is 39.1. The average Bonchev–Trinajstić information content (AvgIpc) is 2.78. The molecule has 0 spiro atoms. The number of imide groups is 1. The second-order valence-electron chi connectivity index (χ2n) is 7.87. The number of amides is 3. The number of rotatable bonds is 7. The molecule has 5 nitrogen and oxygen atoms in total. The number of hydrogen-bond acceptors (Lipinski definition) is 3. The minimum absolute atomic E-state index is 0.0379. The normalized spacial score (nSPS) is 13.5. The minimum Gasteiger partial charge on any atom is -0.326 e. The second-order valence-corrected chi connectivity index (χ2v) is 7.87. The lowest BCUT2D eigenvalue weighted by Gasteiger charge is -2.27. The van der Waals surface area contributed by atoms with Crippen LogP contribution in [0.5, 0.6) is 0 Å². The zero-order valence-corrected chi connectivity index (χ0v) is 17.6. The number of nitrogens with one attached hydrogen (secondary N) is 1. The maximum absolute atomic E-state index is 13.0. The molecule has 0 aromatic heterocycles. The fourth-order valence-corrected chi connectivity index (χ4v) is 4.07. The number of unbranched alkanes of at least 4 members (excludes halogenated alkanes) is 2. The molecule has 0 atom stereocenters. The lowest BCUT2D eigenvalue weighted by molar-refractivity contribution is -0.137. The number of hydrogen-bond donors (Lipinski definition) is 1. The van der Waals surface area contributed by atoms with Crippen LogP contribution in [-0.4, -0.2) is 29.2 Å². The van der Waals surface area contributed by atoms with Crippen molar-refractivity contribution in [3.63, 3.8) is 0 Å². The molecule has 0 aliphatic carbocycles. The van der Waals surface area contributed by atoms with Gasteiger partial charge in [-0.15, -0.1) is 0 Å². The van der Waals surface area contributed by atoms with Gasteiger partial charge in [0.2, 0.25) is 5.91 Å². The molecule has 0 fully saturated rings. The summed E-state index contributed by atoms with van der Waals surface area (Å²) in [6, 6.07) is 15.5. The van der Waals surface area contributed by atoms with E-state index in [0.717, 1.165) is 11.5 Å². The van der Waals surface area contributed by atoms with Crippen LogP contribution in [0.4, 0.5) is 18.9 Å². The van der Waals surface area contributed by atoms with Gasteiger partial charge in [0.25, 0.3) is 11.8 Å². The van der Waals surface area contributed by atoms with Crippen molar-refractivity contribution in [3.8, 4) is 0 Å². The molecule has 3 amide bonds. The third-order valence-electron chi connectivity index (χ3n) is 5.65. The summed E-state index contributed by atoms with van der Waals surface area (Å²) in [4.78, 5) is 39.0. The molecule has 1 heterocycles. The van der Waals surface area contributed by atoms with Crippen molar-refractivity contribution in [1.82, 2.24) is 4.90 Å². The van der Waals surface area contributed by atoms with E-state index in [1.165, 1.54) is 23.1 Å². The van der Waals surface area contributed by atoms with E-state index >= 15 is 0 Å². The van der Waals surface area contributed by atoms with E-state index < -0.39 is 17.6 Å². The number of benzene rings is 3. The van der Waals surface area contributed by atoms with E-state index in [2.05, 4.69) is 5.32 Å². The van der Waals surface area contributed by atoms with Gasteiger partial charge in [-0.3, -0.25) is 19.3 Å². The van der Waals surface area contributed by atoms with E-state index in [-0.39, 0.29) is 30.5 Å². The SMILES string of the molecule is O=C(CCCCCN1C(=O)c2cccc3cccc(c23)C1=O)Nc1ccccc1C(F)(F)F. The van der Waals surface area contributed by atoms with Gasteiger partial charge in [-0.25, -0.2) is 0 Å². The number of nitrogens with zero attached hydrogens (tertiary/aromatic N) is 1. The van der Waals surface area contributed by atoms with Crippen LogP contribution in [-0.2, 0) is 11.0 Å². The zero-order chi connectivity index (χ0) is 23.6. The Morgan fingerprint density at radius 1 is 0.818 bits per heavy atom. The Kier molecular flexibility index (Phi) is 6.18. The molecule has 0 saturated heterocycles. The number of halogens is 3. The molecule has 3 aromatic rings. The molecule has 0 saturated carbocycles. The van der Waals surface area contributed by atoms with Gasteiger partial charge < -0.3 is 5.32 Å². The predicted molar refractivity (Wildman–Crippen MR) is 118 cm³/mol. The van der Waals surface area contributed by atoms with Crippen LogP contribution in [0.25, 0.3) is 10.8 Å². The summed E-state index contributed by atoms with van der Waals surface area (Å²) >= 11 is 0. The van der Waals surface area contributed by atoms with Gasteiger partial charge in [0.15, 0.2) is 0 Å². The lowest BCUT2D eigenvalue weighted by atomic mass is 9.94. The molecule has 0 unspecified atom stereocenters. The van der Waals surface area contributed by atoms with Crippen molar-refractivity contribution in [1.29, 1.82) is 0 Å². The smallest absolute Gasteiger partial charge is 0.326 e. The molecule has 33 heavy (non-hydrogen) atoms. The Morgan fingerprint density at radius 2 is 1.45 bits per heavy atom. The molecule has 1 N–H and O–H groups in total. The number of alkyl halides is 3. The summed E-state index contributed by atoms with van der Waals surface area (Å²) in [6.07, 6.45) is -3.07. The molecule has 0 radical (unpaired) electrons. The first-order chi connectivity index (χ1) is 15.8. The molecule has 4 rings (SSSR count). The fraction of sp³-hybridized carbons (Fsp3) is 0.240. The van der Waals surface area contributed by atoms with Crippen molar-refractivity contribution in [2.24, 2.45) is 0 Å². The third-order valence-corrected chi connectivity index (χ3v) is 5.65. The second kappa shape index (κ2) is 9.05. The Hall–Kier alpha value is -3.68. The number of carbonyl (C=O) groups is 3. The van der Waals surface area contributed by atoms with Gasteiger partial charge in [-0.05, 0) is 42.5 Å². The molecule has 0 bridgehead atoms. The highest BCUT2D eigenvalue weighted by molar-refractivity contribution is 6.25. The summed E-state index contributed by atoms with van der Waals surface area (Å²) in [5.41, 5.74) is -0.182. The Balaban J connectivity index is 1.30. The summed E-state index contributed by atoms with van der Waals surface area (Å²) in [7, 11) is 0. The van der Waals surface area contributed by atoms with Crippen LogP contribution in [0.15, 0.2) is 60.7 Å². The molecule has 1 aliphatic heterocycles. The molecule has 8 heteroatoms. The van der Waals surface area contributed by atoms with E-state index in [0.29, 0.717) is 35.8 Å². The highest BCUT2D eigenvalue weighted by atomic mass is 19.4.